The molecule has 1 aromatic carbocycles. The Labute approximate surface area is 131 Å². The fourth-order valence-corrected chi connectivity index (χ4v) is 3.67. The molecule has 0 bridgehead atoms. The van der Waals surface area contributed by atoms with Crippen LogP contribution in [0, 0.1) is 0 Å². The topological polar surface area (TPSA) is 67.2 Å². The molecule has 2 rings (SSSR count). The van der Waals surface area contributed by atoms with Gasteiger partial charge in [-0.05, 0) is 43.7 Å². The van der Waals surface area contributed by atoms with Crippen LogP contribution in [-0.4, -0.2) is 23.6 Å². The highest BCUT2D eigenvalue weighted by molar-refractivity contribution is 8.00. The number of hydrogen-bond donors (Lipinski definition) is 3. The lowest BCUT2D eigenvalue weighted by Crippen LogP contribution is -2.40. The fraction of sp³-hybridized carbons (Fsp3) is 0.562. The van der Waals surface area contributed by atoms with Gasteiger partial charge in [0.25, 0.3) is 0 Å². The summed E-state index contributed by atoms with van der Waals surface area (Å²) < 4.78 is 0.232. The molecule has 21 heavy (non-hydrogen) atoms. The minimum absolute atomic E-state index is 0.0108. The zero-order valence-corrected chi connectivity index (χ0v) is 13.6. The van der Waals surface area contributed by atoms with Gasteiger partial charge in [-0.3, -0.25) is 0 Å². The van der Waals surface area contributed by atoms with Gasteiger partial charge in [-0.1, -0.05) is 25.0 Å². The van der Waals surface area contributed by atoms with Crippen molar-refractivity contribution >= 4 is 23.5 Å². The number of carbonyl (C=O) groups excluding carboxylic acids is 1. The Hall–Kier alpha value is -1.20. The normalized spacial score (nSPS) is 18.2. The summed E-state index contributed by atoms with van der Waals surface area (Å²) in [5.41, 5.74) is 7.67. The summed E-state index contributed by atoms with van der Waals surface area (Å²) in [4.78, 5) is 12.0. The van der Waals surface area contributed by atoms with E-state index in [1.54, 1.807) is 0 Å². The molecule has 1 aliphatic rings. The largest absolute Gasteiger partial charge is 0.336 e. The highest BCUT2D eigenvalue weighted by atomic mass is 32.2. The molecule has 1 fully saturated rings. The van der Waals surface area contributed by atoms with E-state index in [0.29, 0.717) is 0 Å². The lowest BCUT2D eigenvalue weighted by Gasteiger charge is -2.26. The molecule has 0 heterocycles. The highest BCUT2D eigenvalue weighted by Gasteiger charge is 2.33. The van der Waals surface area contributed by atoms with Crippen molar-refractivity contribution in [2.24, 2.45) is 5.73 Å². The molecule has 5 heteroatoms. The van der Waals surface area contributed by atoms with E-state index >= 15 is 0 Å². The van der Waals surface area contributed by atoms with Gasteiger partial charge in [0.1, 0.15) is 0 Å². The van der Waals surface area contributed by atoms with E-state index in [2.05, 4.69) is 16.9 Å². The van der Waals surface area contributed by atoms with E-state index in [1.165, 1.54) is 25.7 Å². The molecule has 0 aromatic heterocycles. The molecule has 1 unspecified atom stereocenters. The van der Waals surface area contributed by atoms with Gasteiger partial charge >= 0.3 is 6.03 Å². The van der Waals surface area contributed by atoms with Gasteiger partial charge < -0.3 is 16.4 Å². The molecule has 0 aliphatic heterocycles. The number of amides is 2. The maximum atomic E-state index is 12.0. The second-order valence-corrected chi connectivity index (χ2v) is 7.09. The van der Waals surface area contributed by atoms with Crippen LogP contribution >= 0.6 is 11.8 Å². The Morgan fingerprint density at radius 1 is 1.33 bits per heavy atom. The van der Waals surface area contributed by atoms with Crippen molar-refractivity contribution in [3.63, 3.8) is 0 Å². The van der Waals surface area contributed by atoms with Crippen molar-refractivity contribution in [3.8, 4) is 0 Å². The van der Waals surface area contributed by atoms with E-state index < -0.39 is 0 Å². The number of urea groups is 1. The van der Waals surface area contributed by atoms with Gasteiger partial charge in [0, 0.05) is 23.0 Å². The van der Waals surface area contributed by atoms with E-state index in [-0.39, 0.29) is 16.8 Å². The van der Waals surface area contributed by atoms with Gasteiger partial charge in [0.15, 0.2) is 0 Å². The molecule has 4 N–H and O–H groups in total. The first-order chi connectivity index (χ1) is 10.0. The second kappa shape index (κ2) is 7.18. The Kier molecular flexibility index (Phi) is 5.53. The average Bonchev–Trinajstić information content (AvgIpc) is 2.95. The Morgan fingerprint density at radius 3 is 2.48 bits per heavy atom. The SMILES string of the molecule is CSC1(CNC(=O)Nc2ccc(C(C)N)cc2)CCCC1. The first-order valence-electron chi connectivity index (χ1n) is 7.50. The van der Waals surface area contributed by atoms with Gasteiger partial charge in [0.05, 0.1) is 0 Å². The van der Waals surface area contributed by atoms with Crippen molar-refractivity contribution < 1.29 is 4.79 Å². The smallest absolute Gasteiger partial charge is 0.319 e. The third kappa shape index (κ3) is 4.38. The number of carbonyl (C=O) groups is 1. The Morgan fingerprint density at radius 2 is 1.95 bits per heavy atom. The highest BCUT2D eigenvalue weighted by Crippen LogP contribution is 2.39. The minimum Gasteiger partial charge on any atom is -0.336 e. The van der Waals surface area contributed by atoms with Crippen molar-refractivity contribution in [2.45, 2.75) is 43.4 Å². The lowest BCUT2D eigenvalue weighted by atomic mass is 10.1. The Bertz CT molecular complexity index is 467. The molecule has 4 nitrogen and oxygen atoms in total. The molecule has 0 spiro atoms. The third-order valence-corrected chi connectivity index (χ3v) is 5.63. The number of rotatable bonds is 5. The van der Waals surface area contributed by atoms with Crippen molar-refractivity contribution in [1.29, 1.82) is 0 Å². The van der Waals surface area contributed by atoms with Crippen LogP contribution in [-0.2, 0) is 0 Å². The zero-order chi connectivity index (χ0) is 15.3. The maximum absolute atomic E-state index is 12.0. The first-order valence-corrected chi connectivity index (χ1v) is 8.73. The fourth-order valence-electron chi connectivity index (χ4n) is 2.76. The van der Waals surface area contributed by atoms with Gasteiger partial charge in [0.2, 0.25) is 0 Å². The standard InChI is InChI=1S/C16H25N3OS/c1-12(17)13-5-7-14(8-6-13)19-15(20)18-11-16(21-2)9-3-4-10-16/h5-8,12H,3-4,9-11,17H2,1-2H3,(H2,18,19,20). The predicted octanol–water partition coefficient (Wildman–Crippen LogP) is 3.50. The van der Waals surface area contributed by atoms with Crippen LogP contribution < -0.4 is 16.4 Å². The Balaban J connectivity index is 1.84. The molecular weight excluding hydrogens is 282 g/mol. The molecule has 116 valence electrons. The number of nitrogens with one attached hydrogen (secondary N) is 2. The van der Waals surface area contributed by atoms with E-state index in [1.807, 2.05) is 43.0 Å². The van der Waals surface area contributed by atoms with Crippen LogP contribution in [0.4, 0.5) is 10.5 Å². The first kappa shape index (κ1) is 16.2. The van der Waals surface area contributed by atoms with Crippen LogP contribution in [0.25, 0.3) is 0 Å². The van der Waals surface area contributed by atoms with Crippen molar-refractivity contribution in [3.05, 3.63) is 29.8 Å². The molecule has 1 aromatic rings. The summed E-state index contributed by atoms with van der Waals surface area (Å²) in [6.45, 7) is 2.68. The number of thioether (sulfide) groups is 1. The van der Waals surface area contributed by atoms with Crippen molar-refractivity contribution in [1.82, 2.24) is 5.32 Å². The molecule has 1 atom stereocenters. The average molecular weight is 307 g/mol. The van der Waals surface area contributed by atoms with Crippen molar-refractivity contribution in [2.75, 3.05) is 18.1 Å². The quantitative estimate of drug-likeness (QED) is 0.780. The predicted molar refractivity (Wildman–Crippen MR) is 90.8 cm³/mol. The van der Waals surface area contributed by atoms with Gasteiger partial charge in [-0.2, -0.15) is 11.8 Å². The van der Waals surface area contributed by atoms with Crippen LogP contribution in [0.15, 0.2) is 24.3 Å². The van der Waals surface area contributed by atoms with Crippen LogP contribution in [0.3, 0.4) is 0 Å². The molecular formula is C16H25N3OS. The minimum atomic E-state index is -0.135. The second-order valence-electron chi connectivity index (χ2n) is 5.81. The summed E-state index contributed by atoms with van der Waals surface area (Å²) in [5, 5.41) is 5.88. The lowest BCUT2D eigenvalue weighted by molar-refractivity contribution is 0.251. The van der Waals surface area contributed by atoms with E-state index in [4.69, 9.17) is 5.73 Å². The summed E-state index contributed by atoms with van der Waals surface area (Å²) >= 11 is 1.88. The molecule has 0 saturated heterocycles. The third-order valence-electron chi connectivity index (χ3n) is 4.21. The van der Waals surface area contributed by atoms with E-state index in [9.17, 15) is 4.79 Å². The molecule has 1 saturated carbocycles. The van der Waals surface area contributed by atoms with E-state index in [0.717, 1.165) is 17.8 Å². The maximum Gasteiger partial charge on any atom is 0.319 e. The summed E-state index contributed by atoms with van der Waals surface area (Å²) in [6.07, 6.45) is 7.05. The van der Waals surface area contributed by atoms with Crippen LogP contribution in [0.2, 0.25) is 0 Å². The van der Waals surface area contributed by atoms with Gasteiger partial charge in [-0.15, -0.1) is 0 Å². The molecule has 2 amide bonds. The summed E-state index contributed by atoms with van der Waals surface area (Å²) in [6, 6.07) is 7.54. The van der Waals surface area contributed by atoms with Gasteiger partial charge in [-0.25, -0.2) is 4.79 Å². The number of anilines is 1. The summed E-state index contributed by atoms with van der Waals surface area (Å²) in [5.74, 6) is 0. The zero-order valence-electron chi connectivity index (χ0n) is 12.8. The molecule has 1 aliphatic carbocycles. The summed E-state index contributed by atoms with van der Waals surface area (Å²) in [7, 11) is 0. The van der Waals surface area contributed by atoms with Crippen LogP contribution in [0.5, 0.6) is 0 Å². The van der Waals surface area contributed by atoms with Crippen LogP contribution in [0.1, 0.15) is 44.2 Å². The number of benzene rings is 1. The number of nitrogens with two attached hydrogens (primary N) is 1. The monoisotopic (exact) mass is 307 g/mol. The molecule has 0 radical (unpaired) electrons. The number of hydrogen-bond acceptors (Lipinski definition) is 3.